The van der Waals surface area contributed by atoms with Crippen molar-refractivity contribution in [2.75, 3.05) is 18.9 Å². The zero-order valence-electron chi connectivity index (χ0n) is 15.6. The van der Waals surface area contributed by atoms with E-state index in [0.717, 1.165) is 22.3 Å². The van der Waals surface area contributed by atoms with E-state index >= 15 is 0 Å². The molecule has 0 saturated heterocycles. The molecule has 5 nitrogen and oxygen atoms in total. The summed E-state index contributed by atoms with van der Waals surface area (Å²) in [6, 6.07) is 12.3. The molecule has 0 radical (unpaired) electrons. The molecule has 1 aliphatic rings. The number of aromatic nitrogens is 2. The zero-order chi connectivity index (χ0) is 19.0. The van der Waals surface area contributed by atoms with Crippen LogP contribution in [0.5, 0.6) is 0 Å². The first-order chi connectivity index (χ1) is 13.1. The molecule has 140 valence electrons. The van der Waals surface area contributed by atoms with Gasteiger partial charge in [-0.25, -0.2) is 0 Å². The van der Waals surface area contributed by atoms with E-state index in [4.69, 9.17) is 16.7 Å². The fraction of sp³-hybridized carbons (Fsp3) is 0.333. The fourth-order valence-corrected chi connectivity index (χ4v) is 3.64. The lowest BCUT2D eigenvalue weighted by Crippen LogP contribution is -2.20. The minimum Gasteiger partial charge on any atom is -0.384 e. The molecule has 0 atom stereocenters. The minimum absolute atomic E-state index is 0.0175. The third-order valence-electron chi connectivity index (χ3n) is 5.08. The van der Waals surface area contributed by atoms with E-state index in [1.165, 1.54) is 23.9 Å². The Morgan fingerprint density at radius 2 is 2.07 bits per heavy atom. The molecule has 1 saturated carbocycles. The Morgan fingerprint density at radius 3 is 2.81 bits per heavy atom. The molecule has 2 N–H and O–H groups in total. The highest BCUT2D eigenvalue weighted by Crippen LogP contribution is 2.43. The number of hydrogen-bond acceptors (Lipinski definition) is 3. The second kappa shape index (κ2) is 7.24. The lowest BCUT2D eigenvalue weighted by atomic mass is 10.0. The van der Waals surface area contributed by atoms with Gasteiger partial charge in [0.25, 0.3) is 0 Å². The van der Waals surface area contributed by atoms with Gasteiger partial charge in [-0.1, -0.05) is 17.7 Å². The highest BCUT2D eigenvalue weighted by Gasteiger charge is 2.28. The predicted octanol–water partition coefficient (Wildman–Crippen LogP) is 4.32. The molecule has 0 spiro atoms. The number of nitrogens with one attached hydrogen (secondary N) is 2. The molecular formula is C21H23ClN4O. The van der Waals surface area contributed by atoms with Crippen LogP contribution in [-0.2, 0) is 11.8 Å². The number of fused-ring (bicyclic) bond motifs is 1. The third kappa shape index (κ3) is 3.65. The van der Waals surface area contributed by atoms with Gasteiger partial charge in [0.05, 0.1) is 11.2 Å². The molecule has 1 aliphatic carbocycles. The number of rotatable bonds is 6. The Bertz CT molecular complexity index is 1010. The Balaban J connectivity index is 1.70. The normalized spacial score (nSPS) is 13.7. The Morgan fingerprint density at radius 1 is 1.26 bits per heavy atom. The van der Waals surface area contributed by atoms with Crippen LogP contribution in [0, 0.1) is 0 Å². The van der Waals surface area contributed by atoms with Gasteiger partial charge in [0.1, 0.15) is 0 Å². The summed E-state index contributed by atoms with van der Waals surface area (Å²) < 4.78 is 1.97. The Labute approximate surface area is 163 Å². The summed E-state index contributed by atoms with van der Waals surface area (Å²) in [6.45, 7) is 0.566. The van der Waals surface area contributed by atoms with Crippen LogP contribution in [0.3, 0.4) is 0 Å². The lowest BCUT2D eigenvalue weighted by molar-refractivity contribution is -0.120. The van der Waals surface area contributed by atoms with Crippen molar-refractivity contribution in [1.29, 1.82) is 0 Å². The molecule has 0 aliphatic heterocycles. The minimum atomic E-state index is 0.0175. The molecule has 0 unspecified atom stereocenters. The summed E-state index contributed by atoms with van der Waals surface area (Å²) in [5, 5.41) is 12.7. The average Bonchev–Trinajstić information content (AvgIpc) is 3.46. The largest absolute Gasteiger partial charge is 0.384 e. The average molecular weight is 383 g/mol. The first-order valence-corrected chi connectivity index (χ1v) is 9.65. The van der Waals surface area contributed by atoms with Crippen LogP contribution in [-0.4, -0.2) is 29.3 Å². The first-order valence-electron chi connectivity index (χ1n) is 9.28. The monoisotopic (exact) mass is 382 g/mol. The number of amides is 1. The van der Waals surface area contributed by atoms with Crippen molar-refractivity contribution in [3.63, 3.8) is 0 Å². The maximum absolute atomic E-state index is 11.5. The molecule has 0 bridgehead atoms. The van der Waals surface area contributed by atoms with Crippen LogP contribution in [0.15, 0.2) is 36.4 Å². The quantitative estimate of drug-likeness (QED) is 0.667. The number of carbonyl (C=O) groups excluding carboxylic acids is 1. The van der Waals surface area contributed by atoms with Crippen molar-refractivity contribution < 1.29 is 4.79 Å². The van der Waals surface area contributed by atoms with Gasteiger partial charge in [-0.2, -0.15) is 5.10 Å². The summed E-state index contributed by atoms with van der Waals surface area (Å²) in [7, 11) is 3.65. The SMILES string of the molecule is CNC(=O)CCNc1ccc(Cl)cc1-c1ccc2c(c1)c(C1CC1)nn2C. The number of halogens is 1. The molecule has 27 heavy (non-hydrogen) atoms. The van der Waals surface area contributed by atoms with Gasteiger partial charge in [-0.15, -0.1) is 0 Å². The number of anilines is 1. The van der Waals surface area contributed by atoms with E-state index in [1.807, 2.05) is 29.9 Å². The highest BCUT2D eigenvalue weighted by molar-refractivity contribution is 6.31. The van der Waals surface area contributed by atoms with Gasteiger partial charge in [0.2, 0.25) is 5.91 Å². The predicted molar refractivity (Wildman–Crippen MR) is 110 cm³/mol. The van der Waals surface area contributed by atoms with Crippen LogP contribution in [0.1, 0.15) is 30.9 Å². The second-order valence-corrected chi connectivity index (χ2v) is 7.49. The van der Waals surface area contributed by atoms with E-state index in [2.05, 4.69) is 28.8 Å². The van der Waals surface area contributed by atoms with E-state index in [9.17, 15) is 4.79 Å². The van der Waals surface area contributed by atoms with Crippen LogP contribution in [0.4, 0.5) is 5.69 Å². The van der Waals surface area contributed by atoms with E-state index in [1.54, 1.807) is 7.05 Å². The smallest absolute Gasteiger partial charge is 0.221 e. The van der Waals surface area contributed by atoms with Crippen LogP contribution in [0.25, 0.3) is 22.0 Å². The standard InChI is InChI=1S/C21H23ClN4O/c1-23-20(27)9-10-24-18-7-6-15(22)12-16(18)14-5-8-19-17(11-14)21(13-3-4-13)25-26(19)2/h5-8,11-13,24H,3-4,9-10H2,1-2H3,(H,23,27). The van der Waals surface area contributed by atoms with E-state index in [0.29, 0.717) is 23.9 Å². The van der Waals surface area contributed by atoms with Crippen molar-refractivity contribution in [1.82, 2.24) is 15.1 Å². The van der Waals surface area contributed by atoms with Gasteiger partial charge in [-0.05, 0) is 48.7 Å². The van der Waals surface area contributed by atoms with Gasteiger partial charge in [0.15, 0.2) is 0 Å². The van der Waals surface area contributed by atoms with E-state index in [-0.39, 0.29) is 5.91 Å². The molecule has 2 aromatic carbocycles. The zero-order valence-corrected chi connectivity index (χ0v) is 16.3. The summed E-state index contributed by atoms with van der Waals surface area (Å²) in [5.74, 6) is 0.609. The van der Waals surface area contributed by atoms with Crippen LogP contribution < -0.4 is 10.6 Å². The molecule has 4 rings (SSSR count). The number of aryl methyl sites for hydroxylation is 1. The molecular weight excluding hydrogens is 360 g/mol. The Kier molecular flexibility index (Phi) is 4.79. The molecule has 6 heteroatoms. The molecule has 1 aromatic heterocycles. The number of nitrogens with zero attached hydrogens (tertiary/aromatic N) is 2. The number of carbonyl (C=O) groups is 1. The maximum atomic E-state index is 11.5. The highest BCUT2D eigenvalue weighted by atomic mass is 35.5. The summed E-state index contributed by atoms with van der Waals surface area (Å²) in [6.07, 6.45) is 2.87. The lowest BCUT2D eigenvalue weighted by Gasteiger charge is -2.13. The van der Waals surface area contributed by atoms with Crippen LogP contribution in [0.2, 0.25) is 5.02 Å². The molecule has 1 fully saturated rings. The number of benzene rings is 2. The van der Waals surface area contributed by atoms with Gasteiger partial charge in [0, 0.05) is 54.6 Å². The molecule has 1 heterocycles. The summed E-state index contributed by atoms with van der Waals surface area (Å²) in [4.78, 5) is 11.5. The second-order valence-electron chi connectivity index (χ2n) is 7.05. The van der Waals surface area contributed by atoms with Crippen molar-refractivity contribution in [2.45, 2.75) is 25.2 Å². The molecule has 1 amide bonds. The van der Waals surface area contributed by atoms with Crippen molar-refractivity contribution >= 4 is 34.1 Å². The first kappa shape index (κ1) is 17.9. The van der Waals surface area contributed by atoms with Gasteiger partial charge < -0.3 is 10.6 Å². The van der Waals surface area contributed by atoms with Crippen molar-refractivity contribution in [2.24, 2.45) is 7.05 Å². The Hall–Kier alpha value is -2.53. The maximum Gasteiger partial charge on any atom is 0.221 e. The third-order valence-corrected chi connectivity index (χ3v) is 5.32. The van der Waals surface area contributed by atoms with Gasteiger partial charge in [-0.3, -0.25) is 9.48 Å². The van der Waals surface area contributed by atoms with Gasteiger partial charge >= 0.3 is 0 Å². The summed E-state index contributed by atoms with van der Waals surface area (Å²) in [5.41, 5.74) is 5.45. The van der Waals surface area contributed by atoms with Crippen molar-refractivity contribution in [3.8, 4) is 11.1 Å². The summed E-state index contributed by atoms with van der Waals surface area (Å²) >= 11 is 6.28. The van der Waals surface area contributed by atoms with E-state index < -0.39 is 0 Å². The van der Waals surface area contributed by atoms with Crippen molar-refractivity contribution in [3.05, 3.63) is 47.1 Å². The molecule has 3 aromatic rings. The van der Waals surface area contributed by atoms with Crippen LogP contribution >= 0.6 is 11.6 Å². The number of hydrogen-bond donors (Lipinski definition) is 2. The topological polar surface area (TPSA) is 59.0 Å². The fourth-order valence-electron chi connectivity index (χ4n) is 3.46.